The lowest BCUT2D eigenvalue weighted by atomic mass is 10.3. The van der Waals surface area contributed by atoms with Crippen molar-refractivity contribution in [3.05, 3.63) is 39.2 Å². The monoisotopic (exact) mass is 450 g/mol. The molecule has 0 radical (unpaired) electrons. The van der Waals surface area contributed by atoms with E-state index >= 15 is 0 Å². The van der Waals surface area contributed by atoms with Gasteiger partial charge in [0.15, 0.2) is 5.82 Å². The second kappa shape index (κ2) is 10.0. The third kappa shape index (κ3) is 6.41. The summed E-state index contributed by atoms with van der Waals surface area (Å²) in [6, 6.07) is 5.80. The molecule has 3 heterocycles. The first-order chi connectivity index (χ1) is 13.9. The summed E-state index contributed by atoms with van der Waals surface area (Å²) < 4.78 is 4.91. The summed E-state index contributed by atoms with van der Waals surface area (Å²) in [5.74, 6) is 0.936. The van der Waals surface area contributed by atoms with Crippen LogP contribution in [0.1, 0.15) is 22.6 Å². The predicted octanol–water partition coefficient (Wildman–Crippen LogP) is 3.90. The number of aryl methyl sites for hydroxylation is 2. The van der Waals surface area contributed by atoms with Gasteiger partial charge in [0.1, 0.15) is 5.76 Å². The van der Waals surface area contributed by atoms with E-state index in [0.29, 0.717) is 18.1 Å². The van der Waals surface area contributed by atoms with Gasteiger partial charge in [-0.25, -0.2) is 4.98 Å². The molecule has 0 spiro atoms. The summed E-state index contributed by atoms with van der Waals surface area (Å²) in [4.78, 5) is 31.0. The maximum absolute atomic E-state index is 12.1. The highest BCUT2D eigenvalue weighted by Gasteiger charge is 2.16. The van der Waals surface area contributed by atoms with Crippen LogP contribution in [-0.4, -0.2) is 39.5 Å². The molecule has 0 aromatic carbocycles. The second-order valence-corrected chi connectivity index (χ2v) is 9.94. The third-order valence-corrected chi connectivity index (χ3v) is 7.02. The minimum absolute atomic E-state index is 0.0844. The van der Waals surface area contributed by atoms with Crippen molar-refractivity contribution < 1.29 is 14.1 Å². The summed E-state index contributed by atoms with van der Waals surface area (Å²) in [5.41, 5.74) is 1.01. The number of nitrogens with zero attached hydrogens (tertiary/aromatic N) is 2. The van der Waals surface area contributed by atoms with E-state index in [-0.39, 0.29) is 22.8 Å². The maximum Gasteiger partial charge on any atom is 0.238 e. The molecule has 0 fully saturated rings. The molecule has 0 bridgehead atoms. The van der Waals surface area contributed by atoms with Crippen LogP contribution in [0.4, 0.5) is 5.82 Å². The van der Waals surface area contributed by atoms with E-state index in [0.717, 1.165) is 22.0 Å². The van der Waals surface area contributed by atoms with Crippen LogP contribution in [0.5, 0.6) is 0 Å². The summed E-state index contributed by atoms with van der Waals surface area (Å²) in [5, 5.41) is 12.0. The highest BCUT2D eigenvalue weighted by Crippen LogP contribution is 2.29. The Kier molecular flexibility index (Phi) is 7.45. The standard InChI is InChI=1S/C19H22N4O3S3/c1-11-8-17(23-26-11)22-19(25)12(2)27-10-18(24)20-7-6-14-4-5-16(29-14)15-9-28-13(3)21-15/h4-5,8-9,12H,6-7,10H2,1-3H3,(H,20,24)(H,22,23,25). The van der Waals surface area contributed by atoms with Crippen molar-refractivity contribution in [3.63, 3.8) is 0 Å². The van der Waals surface area contributed by atoms with Crippen LogP contribution in [0.25, 0.3) is 10.6 Å². The van der Waals surface area contributed by atoms with E-state index in [4.69, 9.17) is 4.52 Å². The molecule has 7 nitrogen and oxygen atoms in total. The van der Waals surface area contributed by atoms with Crippen molar-refractivity contribution in [3.8, 4) is 10.6 Å². The van der Waals surface area contributed by atoms with Gasteiger partial charge in [-0.3, -0.25) is 9.59 Å². The van der Waals surface area contributed by atoms with E-state index in [2.05, 4.69) is 38.3 Å². The number of carbonyl (C=O) groups is 2. The number of amides is 2. The van der Waals surface area contributed by atoms with Gasteiger partial charge in [0.2, 0.25) is 11.8 Å². The van der Waals surface area contributed by atoms with Crippen LogP contribution >= 0.6 is 34.4 Å². The highest BCUT2D eigenvalue weighted by atomic mass is 32.2. The molecule has 0 aliphatic carbocycles. The molecule has 10 heteroatoms. The average molecular weight is 451 g/mol. The van der Waals surface area contributed by atoms with Crippen LogP contribution < -0.4 is 10.6 Å². The van der Waals surface area contributed by atoms with Gasteiger partial charge >= 0.3 is 0 Å². The Labute approximate surface area is 181 Å². The van der Waals surface area contributed by atoms with Gasteiger partial charge in [-0.1, -0.05) is 5.16 Å². The molecule has 0 saturated heterocycles. The smallest absolute Gasteiger partial charge is 0.238 e. The van der Waals surface area contributed by atoms with Gasteiger partial charge in [0.05, 0.1) is 26.6 Å². The first-order valence-corrected chi connectivity index (χ1v) is 11.8. The molecule has 154 valence electrons. The zero-order chi connectivity index (χ0) is 20.8. The minimum atomic E-state index is -0.376. The lowest BCUT2D eigenvalue weighted by Crippen LogP contribution is -2.29. The summed E-state index contributed by atoms with van der Waals surface area (Å²) in [7, 11) is 0. The van der Waals surface area contributed by atoms with Crippen molar-refractivity contribution in [2.75, 3.05) is 17.6 Å². The van der Waals surface area contributed by atoms with E-state index in [1.165, 1.54) is 16.6 Å². The predicted molar refractivity (Wildman–Crippen MR) is 119 cm³/mol. The maximum atomic E-state index is 12.1. The minimum Gasteiger partial charge on any atom is -0.360 e. The number of thiazole rings is 1. The Morgan fingerprint density at radius 3 is 2.83 bits per heavy atom. The van der Waals surface area contributed by atoms with Crippen LogP contribution in [0.15, 0.2) is 28.1 Å². The van der Waals surface area contributed by atoms with Gasteiger partial charge in [0.25, 0.3) is 0 Å². The third-order valence-electron chi connectivity index (χ3n) is 3.94. The van der Waals surface area contributed by atoms with Gasteiger partial charge in [0, 0.05) is 22.9 Å². The lowest BCUT2D eigenvalue weighted by molar-refractivity contribution is -0.118. The fourth-order valence-electron chi connectivity index (χ4n) is 2.43. The highest BCUT2D eigenvalue weighted by molar-refractivity contribution is 8.01. The van der Waals surface area contributed by atoms with Crippen LogP contribution in [-0.2, 0) is 16.0 Å². The molecular weight excluding hydrogens is 428 g/mol. The second-order valence-electron chi connectivity index (χ2n) is 6.38. The first-order valence-electron chi connectivity index (χ1n) is 9.04. The molecule has 0 saturated carbocycles. The fourth-order valence-corrected chi connectivity index (χ4v) is 4.80. The van der Waals surface area contributed by atoms with Crippen molar-refractivity contribution in [1.29, 1.82) is 0 Å². The number of aromatic nitrogens is 2. The van der Waals surface area contributed by atoms with Crippen LogP contribution in [0.3, 0.4) is 0 Å². The summed E-state index contributed by atoms with van der Waals surface area (Å²) in [6.07, 6.45) is 0.770. The molecule has 1 atom stereocenters. The molecule has 29 heavy (non-hydrogen) atoms. The number of anilines is 1. The number of thiophene rings is 1. The molecule has 3 rings (SSSR count). The largest absolute Gasteiger partial charge is 0.360 e. The topological polar surface area (TPSA) is 97.1 Å². The fraction of sp³-hybridized carbons (Fsp3) is 0.368. The molecule has 1 unspecified atom stereocenters. The Morgan fingerprint density at radius 2 is 2.14 bits per heavy atom. The normalized spacial score (nSPS) is 12.0. The Hall–Kier alpha value is -2.17. The molecule has 0 aliphatic heterocycles. The average Bonchev–Trinajstić information content (AvgIpc) is 3.41. The zero-order valence-electron chi connectivity index (χ0n) is 16.4. The van der Waals surface area contributed by atoms with Crippen LogP contribution in [0.2, 0.25) is 0 Å². The SMILES string of the molecule is Cc1cc(NC(=O)C(C)SCC(=O)NCCc2ccc(-c3csc(C)n3)s2)no1. The van der Waals surface area contributed by atoms with Crippen molar-refractivity contribution in [1.82, 2.24) is 15.5 Å². The number of nitrogens with one attached hydrogen (secondary N) is 2. The Balaban J connectivity index is 1.35. The van der Waals surface area contributed by atoms with Crippen molar-refractivity contribution >= 4 is 52.1 Å². The first kappa shape index (κ1) is 21.5. The molecule has 2 N–H and O–H groups in total. The number of hydrogen-bond donors (Lipinski definition) is 2. The Bertz CT molecular complexity index is 979. The van der Waals surface area contributed by atoms with E-state index in [1.54, 1.807) is 42.6 Å². The van der Waals surface area contributed by atoms with Crippen LogP contribution in [0, 0.1) is 13.8 Å². The Morgan fingerprint density at radius 1 is 1.31 bits per heavy atom. The molecule has 2 amide bonds. The molecule has 0 aliphatic rings. The quantitative estimate of drug-likeness (QED) is 0.513. The van der Waals surface area contributed by atoms with Gasteiger partial charge in [-0.05, 0) is 39.3 Å². The van der Waals surface area contributed by atoms with E-state index in [1.807, 2.05) is 6.92 Å². The van der Waals surface area contributed by atoms with E-state index in [9.17, 15) is 9.59 Å². The summed E-state index contributed by atoms with van der Waals surface area (Å²) in [6.45, 7) is 6.07. The van der Waals surface area contributed by atoms with Gasteiger partial charge < -0.3 is 15.2 Å². The van der Waals surface area contributed by atoms with Crippen molar-refractivity contribution in [2.45, 2.75) is 32.4 Å². The lowest BCUT2D eigenvalue weighted by Gasteiger charge is -2.10. The number of thioether (sulfide) groups is 1. The molecule has 3 aromatic rings. The van der Waals surface area contributed by atoms with Gasteiger partial charge in [-0.15, -0.1) is 34.4 Å². The number of carbonyl (C=O) groups excluding carboxylic acids is 2. The zero-order valence-corrected chi connectivity index (χ0v) is 18.8. The molecule has 3 aromatic heterocycles. The molecular formula is C19H22N4O3S3. The van der Waals surface area contributed by atoms with E-state index < -0.39 is 0 Å². The summed E-state index contributed by atoms with van der Waals surface area (Å²) >= 11 is 4.62. The van der Waals surface area contributed by atoms with Gasteiger partial charge in [-0.2, -0.15) is 0 Å². The number of hydrogen-bond acceptors (Lipinski definition) is 8. The number of rotatable bonds is 9. The van der Waals surface area contributed by atoms with Crippen molar-refractivity contribution in [2.24, 2.45) is 0 Å².